The maximum atomic E-state index is 13.2. The molecule has 2 aliphatic rings. The van der Waals surface area contributed by atoms with Gasteiger partial charge in [-0.3, -0.25) is 9.20 Å². The molecule has 1 saturated carbocycles. The summed E-state index contributed by atoms with van der Waals surface area (Å²) in [4.78, 5) is 17.3. The lowest BCUT2D eigenvalue weighted by Gasteiger charge is -2.36. The number of methoxy groups -OCH3 is 1. The van der Waals surface area contributed by atoms with Crippen molar-refractivity contribution in [3.05, 3.63) is 47.8 Å². The molecule has 1 aromatic carbocycles. The van der Waals surface area contributed by atoms with Crippen molar-refractivity contribution >= 4 is 11.4 Å². The summed E-state index contributed by atoms with van der Waals surface area (Å²) >= 11 is 0. The lowest BCUT2D eigenvalue weighted by atomic mass is 9.77. The molecule has 1 aliphatic heterocycles. The van der Waals surface area contributed by atoms with Crippen LogP contribution in [0.1, 0.15) is 35.2 Å². The van der Waals surface area contributed by atoms with Crippen LogP contribution in [-0.2, 0) is 5.41 Å². The SMILES string of the molecule is COc1cc(-c2cnc3cc(C4(C#N)CNC4)ccn23)cc(OC(F)F)c1C(=O)CC1CC1. The molecule has 9 heteroatoms. The van der Waals surface area contributed by atoms with Crippen molar-refractivity contribution in [3.63, 3.8) is 0 Å². The fourth-order valence-electron chi connectivity index (χ4n) is 4.26. The Morgan fingerprint density at radius 2 is 2.09 bits per heavy atom. The Morgan fingerprint density at radius 3 is 2.70 bits per heavy atom. The number of Topliss-reactive ketones (excluding diaryl/α,β-unsaturated/α-hetero) is 1. The van der Waals surface area contributed by atoms with E-state index in [-0.39, 0.29) is 35.2 Å². The highest BCUT2D eigenvalue weighted by atomic mass is 19.3. The number of pyridine rings is 1. The van der Waals surface area contributed by atoms with Gasteiger partial charge in [0.1, 0.15) is 28.1 Å². The number of ether oxygens (including phenoxy) is 2. The largest absolute Gasteiger partial charge is 0.496 e. The van der Waals surface area contributed by atoms with Crippen LogP contribution < -0.4 is 14.8 Å². The van der Waals surface area contributed by atoms with Crippen molar-refractivity contribution in [2.75, 3.05) is 20.2 Å². The zero-order valence-corrected chi connectivity index (χ0v) is 18.0. The number of halogens is 2. The average molecular weight is 452 g/mol. The second-order valence-electron chi connectivity index (χ2n) is 8.59. The first kappa shape index (κ1) is 21.3. The fraction of sp³-hybridized carbons (Fsp3) is 0.375. The Kier molecular flexibility index (Phi) is 5.25. The van der Waals surface area contributed by atoms with E-state index in [0.717, 1.165) is 18.4 Å². The van der Waals surface area contributed by atoms with Crippen molar-refractivity contribution in [1.29, 1.82) is 5.26 Å². The first-order valence-corrected chi connectivity index (χ1v) is 10.7. The van der Waals surface area contributed by atoms with E-state index < -0.39 is 12.0 Å². The molecule has 5 rings (SSSR count). The van der Waals surface area contributed by atoms with Gasteiger partial charge in [0, 0.05) is 31.3 Å². The predicted octanol–water partition coefficient (Wildman–Crippen LogP) is 3.96. The van der Waals surface area contributed by atoms with Gasteiger partial charge in [-0.05, 0) is 48.6 Å². The smallest absolute Gasteiger partial charge is 0.387 e. The second-order valence-corrected chi connectivity index (χ2v) is 8.59. The summed E-state index contributed by atoms with van der Waals surface area (Å²) < 4.78 is 38.4. The molecule has 170 valence electrons. The normalized spacial score (nSPS) is 16.9. The molecule has 1 saturated heterocycles. The van der Waals surface area contributed by atoms with E-state index in [1.54, 1.807) is 22.9 Å². The second kappa shape index (κ2) is 8.12. The number of hydrogen-bond acceptors (Lipinski definition) is 6. The molecule has 0 amide bonds. The number of carbonyl (C=O) groups excluding carboxylic acids is 1. The molecule has 0 unspecified atom stereocenters. The molecule has 0 atom stereocenters. The summed E-state index contributed by atoms with van der Waals surface area (Å²) in [6.45, 7) is -1.93. The van der Waals surface area contributed by atoms with Gasteiger partial charge in [-0.2, -0.15) is 14.0 Å². The molecule has 1 N–H and O–H groups in total. The van der Waals surface area contributed by atoms with E-state index in [0.29, 0.717) is 30.0 Å². The third-order valence-corrected chi connectivity index (χ3v) is 6.38. The number of alkyl halides is 2. The quantitative estimate of drug-likeness (QED) is 0.521. The zero-order valence-electron chi connectivity index (χ0n) is 18.0. The minimum Gasteiger partial charge on any atom is -0.496 e. The minimum absolute atomic E-state index is 0.0398. The number of nitriles is 1. The Labute approximate surface area is 188 Å². The van der Waals surface area contributed by atoms with Crippen LogP contribution in [0.5, 0.6) is 11.5 Å². The number of rotatable bonds is 8. The van der Waals surface area contributed by atoms with Gasteiger partial charge in [0.25, 0.3) is 0 Å². The standard InChI is InChI=1S/C24H22F2N4O3/c1-32-19-7-15(8-20(33-23(25)26)22(19)18(31)6-14-2-3-14)17-10-29-21-9-16(4-5-30(17)21)24(11-27)12-28-13-24/h4-5,7-10,14,23,28H,2-3,6,12-13H2,1H3. The summed E-state index contributed by atoms with van der Waals surface area (Å²) in [5.41, 5.74) is 2.10. The van der Waals surface area contributed by atoms with Gasteiger partial charge in [-0.25, -0.2) is 4.98 Å². The number of ketones is 1. The van der Waals surface area contributed by atoms with E-state index in [2.05, 4.69) is 16.4 Å². The summed E-state index contributed by atoms with van der Waals surface area (Å²) in [6, 6.07) is 9.17. The minimum atomic E-state index is -3.08. The highest BCUT2D eigenvalue weighted by Gasteiger charge is 2.39. The fourth-order valence-corrected chi connectivity index (χ4v) is 4.26. The number of nitrogens with zero attached hydrogens (tertiary/aromatic N) is 3. The molecule has 2 fully saturated rings. The van der Waals surface area contributed by atoms with E-state index in [9.17, 15) is 18.8 Å². The number of carbonyl (C=O) groups is 1. The summed E-state index contributed by atoms with van der Waals surface area (Å²) in [5.74, 6) is -0.00282. The van der Waals surface area contributed by atoms with Gasteiger partial charge >= 0.3 is 6.61 Å². The van der Waals surface area contributed by atoms with Crippen LogP contribution in [0.3, 0.4) is 0 Å². The van der Waals surface area contributed by atoms with Gasteiger partial charge < -0.3 is 14.8 Å². The van der Waals surface area contributed by atoms with Crippen LogP contribution in [0.4, 0.5) is 8.78 Å². The predicted molar refractivity (Wildman–Crippen MR) is 116 cm³/mol. The van der Waals surface area contributed by atoms with E-state index >= 15 is 0 Å². The zero-order chi connectivity index (χ0) is 23.2. The maximum absolute atomic E-state index is 13.2. The maximum Gasteiger partial charge on any atom is 0.387 e. The molecular formula is C24H22F2N4O3. The third kappa shape index (κ3) is 3.80. The first-order chi connectivity index (χ1) is 15.9. The lowest BCUT2D eigenvalue weighted by Crippen LogP contribution is -2.55. The highest BCUT2D eigenvalue weighted by molar-refractivity contribution is 6.02. The Morgan fingerprint density at radius 1 is 1.33 bits per heavy atom. The van der Waals surface area contributed by atoms with E-state index in [1.807, 2.05) is 12.1 Å². The van der Waals surface area contributed by atoms with Crippen LogP contribution in [0, 0.1) is 17.2 Å². The summed E-state index contributed by atoms with van der Waals surface area (Å²) in [7, 11) is 1.40. The molecule has 7 nitrogen and oxygen atoms in total. The molecule has 0 bridgehead atoms. The number of benzene rings is 1. The molecule has 33 heavy (non-hydrogen) atoms. The molecule has 3 heterocycles. The van der Waals surface area contributed by atoms with Crippen LogP contribution in [-0.4, -0.2) is 42.0 Å². The van der Waals surface area contributed by atoms with Gasteiger partial charge in [-0.1, -0.05) is 0 Å². The molecular weight excluding hydrogens is 430 g/mol. The number of fused-ring (bicyclic) bond motifs is 1. The topological polar surface area (TPSA) is 88.7 Å². The Hall–Kier alpha value is -3.51. The summed E-state index contributed by atoms with van der Waals surface area (Å²) in [5, 5.41) is 12.7. The monoisotopic (exact) mass is 452 g/mol. The van der Waals surface area contributed by atoms with Crippen molar-refractivity contribution in [2.24, 2.45) is 5.92 Å². The van der Waals surface area contributed by atoms with Gasteiger partial charge in [0.15, 0.2) is 5.78 Å². The van der Waals surface area contributed by atoms with Gasteiger partial charge in [0.05, 0.1) is 25.1 Å². The van der Waals surface area contributed by atoms with E-state index in [4.69, 9.17) is 9.47 Å². The Balaban J connectivity index is 1.58. The number of aromatic nitrogens is 2. The van der Waals surface area contributed by atoms with Crippen LogP contribution in [0.15, 0.2) is 36.7 Å². The Bertz CT molecular complexity index is 1270. The van der Waals surface area contributed by atoms with Crippen LogP contribution >= 0.6 is 0 Å². The van der Waals surface area contributed by atoms with Crippen LogP contribution in [0.2, 0.25) is 0 Å². The van der Waals surface area contributed by atoms with Crippen molar-refractivity contribution in [1.82, 2.24) is 14.7 Å². The number of hydrogen-bond donors (Lipinski definition) is 1. The first-order valence-electron chi connectivity index (χ1n) is 10.7. The van der Waals surface area contributed by atoms with Crippen LogP contribution in [0.25, 0.3) is 16.9 Å². The lowest BCUT2D eigenvalue weighted by molar-refractivity contribution is -0.0502. The molecule has 1 aliphatic carbocycles. The highest BCUT2D eigenvalue weighted by Crippen LogP contribution is 2.40. The van der Waals surface area contributed by atoms with Gasteiger partial charge in [-0.15, -0.1) is 0 Å². The van der Waals surface area contributed by atoms with Crippen molar-refractivity contribution in [3.8, 4) is 28.8 Å². The number of nitrogens with one attached hydrogen (secondary N) is 1. The average Bonchev–Trinajstić information content (AvgIpc) is 3.47. The van der Waals surface area contributed by atoms with E-state index in [1.165, 1.54) is 13.2 Å². The summed E-state index contributed by atoms with van der Waals surface area (Å²) in [6.07, 6.45) is 5.62. The molecule has 3 aromatic rings. The number of imidazole rings is 1. The molecule has 0 radical (unpaired) electrons. The van der Waals surface area contributed by atoms with Gasteiger partial charge in [0.2, 0.25) is 0 Å². The molecule has 0 spiro atoms. The molecule has 2 aromatic heterocycles. The third-order valence-electron chi connectivity index (χ3n) is 6.38. The van der Waals surface area contributed by atoms with Crippen molar-refractivity contribution in [2.45, 2.75) is 31.3 Å². The van der Waals surface area contributed by atoms with Crippen molar-refractivity contribution < 1.29 is 23.0 Å².